The topological polar surface area (TPSA) is 26.3 Å². The Morgan fingerprint density at radius 2 is 2.17 bits per heavy atom. The molecule has 1 aliphatic heterocycles. The van der Waals surface area contributed by atoms with Crippen LogP contribution in [0.5, 0.6) is 0 Å². The summed E-state index contributed by atoms with van der Waals surface area (Å²) in [5.41, 5.74) is 1.98. The molecule has 0 unspecified atom stereocenters. The lowest BCUT2D eigenvalue weighted by atomic mass is 9.56. The minimum Gasteiger partial charge on any atom is -0.458 e. The van der Waals surface area contributed by atoms with Gasteiger partial charge < -0.3 is 4.74 Å². The highest BCUT2D eigenvalue weighted by Gasteiger charge is 2.67. The molecule has 0 aromatic heterocycles. The molecule has 3 fully saturated rings. The molecule has 1 aromatic rings. The van der Waals surface area contributed by atoms with E-state index in [1.165, 1.54) is 5.56 Å². The summed E-state index contributed by atoms with van der Waals surface area (Å²) >= 11 is 0. The van der Waals surface area contributed by atoms with Crippen molar-refractivity contribution in [1.82, 2.24) is 0 Å². The summed E-state index contributed by atoms with van der Waals surface area (Å²) in [6, 6.07) is 5.12. The Kier molecular flexibility index (Phi) is 2.67. The second-order valence-electron chi connectivity index (χ2n) is 7.78. The number of ether oxygens (including phenoxy) is 1. The number of carbonyl (C=O) groups excluding carboxylic acids is 1. The first-order valence-corrected chi connectivity index (χ1v) is 8.78. The largest absolute Gasteiger partial charge is 0.458 e. The van der Waals surface area contributed by atoms with Gasteiger partial charge in [-0.1, -0.05) is 12.1 Å². The van der Waals surface area contributed by atoms with E-state index >= 15 is 0 Å². The predicted molar refractivity (Wildman–Crippen MR) is 84.3 cm³/mol. The Labute approximate surface area is 135 Å². The van der Waals surface area contributed by atoms with Gasteiger partial charge in [0.2, 0.25) is 0 Å². The zero-order chi connectivity index (χ0) is 15.8. The van der Waals surface area contributed by atoms with Crippen molar-refractivity contribution in [2.75, 3.05) is 0 Å². The van der Waals surface area contributed by atoms with Crippen molar-refractivity contribution in [3.63, 3.8) is 0 Å². The van der Waals surface area contributed by atoms with Crippen molar-refractivity contribution in [2.24, 2.45) is 23.7 Å². The lowest BCUT2D eigenvalue weighted by molar-refractivity contribution is -0.154. The maximum Gasteiger partial charge on any atom is 0.310 e. The van der Waals surface area contributed by atoms with Crippen LogP contribution < -0.4 is 0 Å². The summed E-state index contributed by atoms with van der Waals surface area (Å²) in [4.78, 5) is 12.7. The molecule has 0 radical (unpaired) electrons. The van der Waals surface area contributed by atoms with Gasteiger partial charge in [-0.15, -0.1) is 6.58 Å². The number of benzene rings is 1. The Morgan fingerprint density at radius 3 is 3.00 bits per heavy atom. The van der Waals surface area contributed by atoms with Gasteiger partial charge >= 0.3 is 5.97 Å². The van der Waals surface area contributed by atoms with Crippen molar-refractivity contribution in [1.29, 1.82) is 0 Å². The first kappa shape index (κ1) is 13.8. The van der Waals surface area contributed by atoms with Crippen LogP contribution in [0, 0.1) is 29.5 Å². The van der Waals surface area contributed by atoms with Gasteiger partial charge in [0.15, 0.2) is 0 Å². The van der Waals surface area contributed by atoms with Gasteiger partial charge in [-0.3, -0.25) is 4.79 Å². The van der Waals surface area contributed by atoms with E-state index in [1.54, 1.807) is 12.1 Å². The fraction of sp³-hybridized carbons (Fsp3) is 0.550. The highest BCUT2D eigenvalue weighted by Crippen LogP contribution is 2.65. The van der Waals surface area contributed by atoms with E-state index in [4.69, 9.17) is 4.74 Å². The van der Waals surface area contributed by atoms with Crippen LogP contribution in [0.25, 0.3) is 0 Å². The third-order valence-electron chi connectivity index (χ3n) is 7.09. The van der Waals surface area contributed by atoms with Crippen molar-refractivity contribution >= 4 is 5.97 Å². The van der Waals surface area contributed by atoms with Crippen molar-refractivity contribution in [3.05, 3.63) is 47.8 Å². The van der Waals surface area contributed by atoms with Crippen LogP contribution in [0.1, 0.15) is 42.7 Å². The average Bonchev–Trinajstić information content (AvgIpc) is 3.05. The first-order valence-electron chi connectivity index (χ1n) is 8.78. The third-order valence-corrected chi connectivity index (χ3v) is 7.09. The molecule has 3 aliphatic carbocycles. The molecule has 0 amide bonds. The monoisotopic (exact) mass is 312 g/mol. The quantitative estimate of drug-likeness (QED) is 0.579. The molecule has 6 atom stereocenters. The molecular weight excluding hydrogens is 291 g/mol. The van der Waals surface area contributed by atoms with Crippen molar-refractivity contribution < 1.29 is 13.9 Å². The number of carbonyl (C=O) groups is 1. The van der Waals surface area contributed by atoms with Gasteiger partial charge in [0, 0.05) is 24.2 Å². The smallest absolute Gasteiger partial charge is 0.310 e. The molecule has 1 spiro atoms. The minimum atomic E-state index is -0.310. The minimum absolute atomic E-state index is 0.0617. The van der Waals surface area contributed by atoms with Gasteiger partial charge in [0.1, 0.15) is 11.4 Å². The summed E-state index contributed by atoms with van der Waals surface area (Å²) in [6.07, 6.45) is 7.03. The van der Waals surface area contributed by atoms with E-state index in [9.17, 15) is 9.18 Å². The molecule has 1 saturated heterocycles. The number of aryl methyl sites for hydroxylation is 1. The molecule has 120 valence electrons. The van der Waals surface area contributed by atoms with Crippen LogP contribution in [0.3, 0.4) is 0 Å². The molecule has 2 nitrogen and oxygen atoms in total. The van der Waals surface area contributed by atoms with Crippen LogP contribution >= 0.6 is 0 Å². The Balaban J connectivity index is 1.66. The standard InChI is InChI=1S/C20H21FO2/c1-2-12-5-8-17-14-7-4-11-3-6-13(21)9-15(11)18(14)16-10-20(12,17)23-19(16)22/h2-3,6,9,12,14,16-18H,1,4-5,7-8,10H2/t12-,14+,16+,17+,18+,20+/m0/s1. The van der Waals surface area contributed by atoms with Crippen LogP contribution in [0.15, 0.2) is 30.9 Å². The number of hydrogen-bond donors (Lipinski definition) is 0. The van der Waals surface area contributed by atoms with Crippen LogP contribution in [0.4, 0.5) is 4.39 Å². The van der Waals surface area contributed by atoms with Gasteiger partial charge in [-0.2, -0.15) is 0 Å². The lowest BCUT2D eigenvalue weighted by Gasteiger charge is -2.47. The summed E-state index contributed by atoms with van der Waals surface area (Å²) < 4.78 is 19.9. The second kappa shape index (κ2) is 4.46. The maximum absolute atomic E-state index is 13.8. The Hall–Kier alpha value is -1.64. The number of rotatable bonds is 1. The molecule has 0 N–H and O–H groups in total. The normalized spacial score (nSPS) is 43.3. The van der Waals surface area contributed by atoms with Gasteiger partial charge in [0.05, 0.1) is 5.92 Å². The molecule has 1 heterocycles. The summed E-state index contributed by atoms with van der Waals surface area (Å²) in [6.45, 7) is 3.98. The lowest BCUT2D eigenvalue weighted by Crippen LogP contribution is -2.48. The van der Waals surface area contributed by atoms with Crippen LogP contribution in [-0.4, -0.2) is 11.6 Å². The third kappa shape index (κ3) is 1.61. The van der Waals surface area contributed by atoms with Crippen molar-refractivity contribution in [2.45, 2.75) is 43.6 Å². The van der Waals surface area contributed by atoms with Crippen LogP contribution in [-0.2, 0) is 16.0 Å². The first-order chi connectivity index (χ1) is 11.1. The number of hydrogen-bond acceptors (Lipinski definition) is 2. The molecule has 5 rings (SSSR count). The Morgan fingerprint density at radius 1 is 1.30 bits per heavy atom. The molecule has 2 bridgehead atoms. The van der Waals surface area contributed by atoms with E-state index in [-0.39, 0.29) is 35.1 Å². The molecule has 3 heteroatoms. The zero-order valence-electron chi connectivity index (χ0n) is 13.1. The summed E-state index contributed by atoms with van der Waals surface area (Å²) in [5, 5.41) is 0. The fourth-order valence-electron chi connectivity index (χ4n) is 6.28. The van der Waals surface area contributed by atoms with Crippen molar-refractivity contribution in [3.8, 4) is 0 Å². The van der Waals surface area contributed by atoms with E-state index in [2.05, 4.69) is 6.58 Å². The van der Waals surface area contributed by atoms with Gasteiger partial charge in [-0.25, -0.2) is 4.39 Å². The zero-order valence-corrected chi connectivity index (χ0v) is 13.1. The van der Waals surface area contributed by atoms with E-state index in [0.29, 0.717) is 11.8 Å². The van der Waals surface area contributed by atoms with Gasteiger partial charge in [-0.05, 0) is 54.9 Å². The van der Waals surface area contributed by atoms with Crippen LogP contribution in [0.2, 0.25) is 0 Å². The predicted octanol–water partition coefficient (Wildman–Crippen LogP) is 4.00. The molecular formula is C20H21FO2. The van der Waals surface area contributed by atoms with E-state index < -0.39 is 0 Å². The fourth-order valence-corrected chi connectivity index (χ4v) is 6.28. The summed E-state index contributed by atoms with van der Waals surface area (Å²) in [7, 11) is 0. The van der Waals surface area contributed by atoms with E-state index in [1.807, 2.05) is 12.1 Å². The molecule has 4 aliphatic rings. The summed E-state index contributed by atoms with van der Waals surface area (Å²) in [5.74, 6) is 0.936. The molecule has 2 saturated carbocycles. The average molecular weight is 312 g/mol. The number of fused-ring (bicyclic) bond motifs is 6. The number of halogens is 1. The highest BCUT2D eigenvalue weighted by molar-refractivity contribution is 5.78. The number of esters is 1. The van der Waals surface area contributed by atoms with Gasteiger partial charge in [0.25, 0.3) is 0 Å². The highest BCUT2D eigenvalue weighted by atomic mass is 19.1. The molecule has 1 aromatic carbocycles. The SMILES string of the molecule is C=C[C@H]1CC[C@@H]2[C@H]3CCc4ccc(F)cc4[C@@H]3[C@H]3C[C@]21OC3=O. The molecule has 23 heavy (non-hydrogen) atoms. The maximum atomic E-state index is 13.8. The Bertz CT molecular complexity index is 712. The second-order valence-corrected chi connectivity index (χ2v) is 7.78. The van der Waals surface area contributed by atoms with E-state index in [0.717, 1.165) is 37.7 Å².